The van der Waals surface area contributed by atoms with Gasteiger partial charge in [0.05, 0.1) is 40.5 Å². The number of benzene rings is 2. The Bertz CT molecular complexity index is 1430. The second-order valence-corrected chi connectivity index (χ2v) is 11.5. The molecule has 0 saturated heterocycles. The van der Waals surface area contributed by atoms with Gasteiger partial charge in [0.25, 0.3) is 0 Å². The Morgan fingerprint density at radius 3 is 2.56 bits per heavy atom. The number of carbonyl (C=O) groups excluding carboxylic acids is 1. The van der Waals surface area contributed by atoms with Crippen LogP contribution >= 0.6 is 11.6 Å². The van der Waals surface area contributed by atoms with Crippen molar-refractivity contribution in [1.29, 1.82) is 0 Å². The number of allylic oxidation sites excluding steroid dienone is 1. The molecule has 12 heteroatoms. The van der Waals surface area contributed by atoms with E-state index in [0.717, 1.165) is 12.2 Å². The van der Waals surface area contributed by atoms with E-state index in [1.54, 1.807) is 25.4 Å². The highest BCUT2D eigenvalue weighted by Crippen LogP contribution is 2.38. The molecule has 0 aromatic heterocycles. The van der Waals surface area contributed by atoms with Crippen LogP contribution in [0.15, 0.2) is 59.2 Å². The Morgan fingerprint density at radius 1 is 1.21 bits per heavy atom. The molecule has 0 radical (unpaired) electrons. The SMILES string of the molecule is C=CC(=O)Nc1cc(NC2=NC(Nc3ccc(Cl)c(F)c3C(C)(C)O)=N/C=C/CC2C)c(OC)cc1N(C)CCN(C)C. The standard InChI is InChI=1S/C31H41ClFN7O3/c1-9-26(41)35-22-17-23(25(43-8)18-24(22)40(7)16-15-39(5)6)36-29-19(2)11-10-14-34-30(38-29)37-21-13-12-20(32)28(33)27(21)31(3,4)42/h9-10,12-14,17-19,42H,1,11,15-16H2,2-8H3,(H,35,41)(H2,34,36,37,38)/b14-10+. The third-order valence-electron chi connectivity index (χ3n) is 6.76. The molecule has 3 rings (SSSR count). The number of nitrogens with zero attached hydrogens (tertiary/aromatic N) is 4. The zero-order chi connectivity index (χ0) is 31.9. The maximum absolute atomic E-state index is 15.0. The number of aliphatic hydroxyl groups is 1. The maximum Gasteiger partial charge on any atom is 0.247 e. The molecule has 0 aliphatic carbocycles. The van der Waals surface area contributed by atoms with Gasteiger partial charge < -0.3 is 35.6 Å². The lowest BCUT2D eigenvalue weighted by molar-refractivity contribution is -0.111. The Labute approximate surface area is 258 Å². The Hall–Kier alpha value is -3.93. The number of nitrogens with one attached hydrogen (secondary N) is 3. The van der Waals surface area contributed by atoms with Gasteiger partial charge in [-0.15, -0.1) is 0 Å². The topological polar surface area (TPSA) is 114 Å². The first kappa shape index (κ1) is 33.6. The number of amides is 1. The van der Waals surface area contributed by atoms with E-state index in [4.69, 9.17) is 21.3 Å². The van der Waals surface area contributed by atoms with Crippen LogP contribution in [-0.2, 0) is 10.4 Å². The third-order valence-corrected chi connectivity index (χ3v) is 7.05. The van der Waals surface area contributed by atoms with Gasteiger partial charge in [-0.3, -0.25) is 4.79 Å². The summed E-state index contributed by atoms with van der Waals surface area (Å²) in [6, 6.07) is 6.61. The molecule has 4 N–H and O–H groups in total. The fraction of sp³-hybridized carbons (Fsp3) is 0.387. The van der Waals surface area contributed by atoms with Crippen LogP contribution in [0.3, 0.4) is 0 Å². The lowest BCUT2D eigenvalue weighted by atomic mass is 9.95. The minimum atomic E-state index is -1.53. The first-order chi connectivity index (χ1) is 20.2. The molecule has 0 saturated carbocycles. The average Bonchev–Trinajstić information content (AvgIpc) is 2.93. The van der Waals surface area contributed by atoms with E-state index in [2.05, 4.69) is 32.4 Å². The summed E-state index contributed by atoms with van der Waals surface area (Å²) in [5.41, 5.74) is 0.625. The van der Waals surface area contributed by atoms with Crippen LogP contribution in [0.5, 0.6) is 5.75 Å². The van der Waals surface area contributed by atoms with Crippen molar-refractivity contribution >= 4 is 52.1 Å². The summed E-state index contributed by atoms with van der Waals surface area (Å²) in [5, 5.41) is 19.9. The van der Waals surface area contributed by atoms with Gasteiger partial charge in [0.15, 0.2) is 0 Å². The molecule has 2 aromatic rings. The van der Waals surface area contributed by atoms with Crippen molar-refractivity contribution in [2.24, 2.45) is 15.9 Å². The number of methoxy groups -OCH3 is 1. The van der Waals surface area contributed by atoms with E-state index in [1.807, 2.05) is 45.1 Å². The first-order valence-electron chi connectivity index (χ1n) is 13.8. The van der Waals surface area contributed by atoms with Crippen LogP contribution in [0, 0.1) is 11.7 Å². The second kappa shape index (κ2) is 14.5. The minimum absolute atomic E-state index is 0.00950. The molecule has 43 heavy (non-hydrogen) atoms. The van der Waals surface area contributed by atoms with Crippen molar-refractivity contribution in [1.82, 2.24) is 4.90 Å². The monoisotopic (exact) mass is 613 g/mol. The molecule has 232 valence electrons. The molecule has 0 fully saturated rings. The maximum atomic E-state index is 15.0. The van der Waals surface area contributed by atoms with Crippen molar-refractivity contribution in [3.05, 3.63) is 65.6 Å². The van der Waals surface area contributed by atoms with E-state index in [9.17, 15) is 9.90 Å². The molecule has 1 amide bonds. The van der Waals surface area contributed by atoms with E-state index >= 15 is 4.39 Å². The molecule has 0 spiro atoms. The first-order valence-corrected chi connectivity index (χ1v) is 14.2. The van der Waals surface area contributed by atoms with Crippen molar-refractivity contribution in [3.8, 4) is 5.75 Å². The molecule has 2 aromatic carbocycles. The third kappa shape index (κ3) is 8.79. The number of aliphatic imine (C=N–C) groups is 2. The molecular weight excluding hydrogens is 573 g/mol. The predicted molar refractivity (Wildman–Crippen MR) is 175 cm³/mol. The van der Waals surface area contributed by atoms with E-state index in [0.29, 0.717) is 35.9 Å². The summed E-state index contributed by atoms with van der Waals surface area (Å²) in [6.45, 7) is 10.0. The van der Waals surface area contributed by atoms with Gasteiger partial charge >= 0.3 is 0 Å². The largest absolute Gasteiger partial charge is 0.494 e. The Kier molecular flexibility index (Phi) is 11.3. The lowest BCUT2D eigenvalue weighted by Gasteiger charge is -2.27. The van der Waals surface area contributed by atoms with Gasteiger partial charge in [0.2, 0.25) is 11.9 Å². The number of rotatable bonds is 10. The molecule has 1 heterocycles. The van der Waals surface area contributed by atoms with E-state index < -0.39 is 11.4 Å². The number of anilines is 4. The number of hydrogen-bond acceptors (Lipinski definition) is 9. The second-order valence-electron chi connectivity index (χ2n) is 11.1. The van der Waals surface area contributed by atoms with Crippen molar-refractivity contribution in [2.45, 2.75) is 32.8 Å². The summed E-state index contributed by atoms with van der Waals surface area (Å²) in [5.74, 6) is 0.0754. The summed E-state index contributed by atoms with van der Waals surface area (Å²) < 4.78 is 20.8. The Balaban J connectivity index is 2.06. The van der Waals surface area contributed by atoms with Crippen LogP contribution in [0.25, 0.3) is 0 Å². The fourth-order valence-electron chi connectivity index (χ4n) is 4.38. The van der Waals surface area contributed by atoms with Crippen molar-refractivity contribution in [2.75, 3.05) is 62.2 Å². The number of ether oxygens (including phenoxy) is 1. The quantitative estimate of drug-likeness (QED) is 0.255. The van der Waals surface area contributed by atoms with Crippen LogP contribution in [0.2, 0.25) is 5.02 Å². The summed E-state index contributed by atoms with van der Waals surface area (Å²) in [4.78, 5) is 25.6. The van der Waals surface area contributed by atoms with E-state index in [1.165, 1.54) is 26.0 Å². The van der Waals surface area contributed by atoms with E-state index in [-0.39, 0.29) is 34.1 Å². The van der Waals surface area contributed by atoms with Gasteiger partial charge in [-0.05, 0) is 58.6 Å². The highest BCUT2D eigenvalue weighted by atomic mass is 35.5. The number of hydrogen-bond donors (Lipinski definition) is 4. The zero-order valence-corrected chi connectivity index (χ0v) is 26.5. The number of carbonyl (C=O) groups is 1. The number of amidine groups is 1. The lowest BCUT2D eigenvalue weighted by Crippen LogP contribution is -2.29. The molecule has 1 atom stereocenters. The molecular formula is C31H41ClFN7O3. The highest BCUT2D eigenvalue weighted by Gasteiger charge is 2.27. The van der Waals surface area contributed by atoms with Crippen molar-refractivity contribution in [3.63, 3.8) is 0 Å². The van der Waals surface area contributed by atoms with Crippen molar-refractivity contribution < 1.29 is 19.0 Å². The van der Waals surface area contributed by atoms with Gasteiger partial charge in [-0.1, -0.05) is 31.2 Å². The van der Waals surface area contributed by atoms with Gasteiger partial charge in [-0.2, -0.15) is 4.99 Å². The van der Waals surface area contributed by atoms with Crippen LogP contribution < -0.4 is 25.6 Å². The van der Waals surface area contributed by atoms with Gasteiger partial charge in [-0.25, -0.2) is 9.38 Å². The summed E-state index contributed by atoms with van der Waals surface area (Å²) in [7, 11) is 7.50. The molecule has 1 unspecified atom stereocenters. The summed E-state index contributed by atoms with van der Waals surface area (Å²) in [6.07, 6.45) is 5.37. The normalized spacial score (nSPS) is 15.9. The highest BCUT2D eigenvalue weighted by molar-refractivity contribution is 6.31. The number of halogens is 2. The van der Waals surface area contributed by atoms with Crippen LogP contribution in [-0.4, -0.2) is 69.1 Å². The fourth-order valence-corrected chi connectivity index (χ4v) is 4.54. The molecule has 0 bridgehead atoms. The predicted octanol–water partition coefficient (Wildman–Crippen LogP) is 5.67. The number of guanidine groups is 1. The Morgan fingerprint density at radius 2 is 1.93 bits per heavy atom. The van der Waals surface area contributed by atoms with Gasteiger partial charge in [0, 0.05) is 43.9 Å². The molecule has 10 nitrogen and oxygen atoms in total. The van der Waals surface area contributed by atoms with Gasteiger partial charge in [0.1, 0.15) is 17.4 Å². The van der Waals surface area contributed by atoms with Crippen LogP contribution in [0.4, 0.5) is 27.1 Å². The molecule has 1 aliphatic heterocycles. The number of likely N-dealkylation sites (N-methyl/N-ethyl adjacent to an activating group) is 2. The average molecular weight is 614 g/mol. The summed E-state index contributed by atoms with van der Waals surface area (Å²) >= 11 is 6.02. The zero-order valence-electron chi connectivity index (χ0n) is 25.8. The van der Waals surface area contributed by atoms with Crippen LogP contribution in [0.1, 0.15) is 32.8 Å². The minimum Gasteiger partial charge on any atom is -0.494 e. The molecule has 1 aliphatic rings. The smallest absolute Gasteiger partial charge is 0.247 e.